The minimum atomic E-state index is -0.462. The quantitative estimate of drug-likeness (QED) is 0.0533. The molecule has 9 unspecified atom stereocenters. The van der Waals surface area contributed by atoms with Crippen LogP contribution in [0.5, 0.6) is 0 Å². The van der Waals surface area contributed by atoms with Crippen molar-refractivity contribution in [3.63, 3.8) is 0 Å². The molecule has 4 aliphatic rings. The number of allylic oxidation sites excluding steroid dienone is 6. The van der Waals surface area contributed by atoms with E-state index in [0.29, 0.717) is 45.6 Å². The molecule has 0 radical (unpaired) electrons. The molecular formula is C50H87O14+. The van der Waals surface area contributed by atoms with E-state index < -0.39 is 12.6 Å². The SMILES string of the molecule is C1=CCC/C=C\CC1.COCC1O[C@@H](OC/C=C/CC/C=C/CCOC2OC(COC)[C@@H](OC)[C@H](C)C2OC)C(C)C(C)[C@@H]1OC.[CH+]=CCOC1OC(COC)[C@@H](OC)[C@H](C)C1OC. The molecule has 3 fully saturated rings. The molecule has 1 aliphatic carbocycles. The first kappa shape index (κ1) is 58.2. The Hall–Kier alpha value is -1.95. The Bertz CT molecular complexity index is 1250. The number of ether oxygens (including phenoxy) is 14. The Morgan fingerprint density at radius 1 is 0.438 bits per heavy atom. The lowest BCUT2D eigenvalue weighted by atomic mass is 9.84. The maximum absolute atomic E-state index is 6.13. The van der Waals surface area contributed by atoms with Gasteiger partial charge < -0.3 is 66.3 Å². The second-order valence-corrected chi connectivity index (χ2v) is 16.6. The molecule has 0 spiro atoms. The summed E-state index contributed by atoms with van der Waals surface area (Å²) in [7, 11) is 13.4. The number of unbranched alkanes of at least 4 members (excludes halogenated alkanes) is 1. The molecule has 370 valence electrons. The third kappa shape index (κ3) is 19.7. The zero-order chi connectivity index (χ0) is 47.1. The fourth-order valence-corrected chi connectivity index (χ4v) is 8.59. The van der Waals surface area contributed by atoms with Gasteiger partial charge in [0, 0.05) is 74.6 Å². The lowest BCUT2D eigenvalue weighted by Gasteiger charge is -2.44. The Labute approximate surface area is 387 Å². The van der Waals surface area contributed by atoms with Crippen molar-refractivity contribution >= 4 is 0 Å². The highest BCUT2D eigenvalue weighted by Gasteiger charge is 2.46. The van der Waals surface area contributed by atoms with E-state index in [2.05, 4.69) is 76.3 Å². The predicted octanol–water partition coefficient (Wildman–Crippen LogP) is 7.70. The molecule has 14 nitrogen and oxygen atoms in total. The summed E-state index contributed by atoms with van der Waals surface area (Å²) >= 11 is 0. The van der Waals surface area contributed by atoms with Crippen LogP contribution in [0.1, 0.15) is 72.6 Å². The van der Waals surface area contributed by atoms with Crippen molar-refractivity contribution in [2.75, 3.05) is 96.5 Å². The van der Waals surface area contributed by atoms with Crippen LogP contribution in [0.25, 0.3) is 0 Å². The molecule has 0 aromatic carbocycles. The Kier molecular flexibility index (Phi) is 32.0. The molecule has 15 atom stereocenters. The van der Waals surface area contributed by atoms with Gasteiger partial charge in [-0.25, -0.2) is 0 Å². The molecular weight excluding hydrogens is 825 g/mol. The standard InChI is InChI=1S/C29H52O9.C13H23O5.C8H12/c1-20-21(2)28(37-23(18-30-4)25(20)32-6)35-16-14-12-10-9-11-13-15-17-36-29-27(34-8)22(3)26(33-7)24(38-29)19-31-5;1-6-7-17-13-12(16-5)9(2)11(15-4)10(18-13)8-14-3;1-2-4-6-8-7-5-3-1/h11-14,20-29H,9-10,15-19H2,1-8H3;1,6,9-13H,7-8H2,2-5H3;1-2,7-8H,3-6H2/q;+1;/b13-11+,14-12+;;2-1-,8-7?/t20?,21?,22-,23?,24?,25-,26-,27?,28+,29?;9-,10?,11-,12?,13?;/m00./s1. The molecule has 3 aliphatic heterocycles. The number of rotatable bonds is 24. The van der Waals surface area contributed by atoms with E-state index in [1.165, 1.54) is 31.8 Å². The first-order valence-electron chi connectivity index (χ1n) is 23.2. The number of hydrogen-bond donors (Lipinski definition) is 0. The first-order valence-corrected chi connectivity index (χ1v) is 23.2. The predicted molar refractivity (Wildman–Crippen MR) is 248 cm³/mol. The molecule has 0 N–H and O–H groups in total. The molecule has 0 amide bonds. The van der Waals surface area contributed by atoms with Gasteiger partial charge in [0.1, 0.15) is 37.1 Å². The van der Waals surface area contributed by atoms with Gasteiger partial charge in [0.25, 0.3) is 0 Å². The minimum absolute atomic E-state index is 0.00766. The summed E-state index contributed by atoms with van der Waals surface area (Å²) in [6, 6.07) is 0. The Balaban J connectivity index is 0.000000441. The summed E-state index contributed by atoms with van der Waals surface area (Å²) < 4.78 is 79.3. The fraction of sp³-hybridized carbons (Fsp3) is 0.800. The molecule has 0 aromatic heterocycles. The van der Waals surface area contributed by atoms with E-state index >= 15 is 0 Å². The normalized spacial score (nSPS) is 34.9. The molecule has 0 saturated carbocycles. The van der Waals surface area contributed by atoms with Gasteiger partial charge in [-0.1, -0.05) is 76.3 Å². The van der Waals surface area contributed by atoms with E-state index in [1.54, 1.807) is 56.9 Å². The van der Waals surface area contributed by atoms with Gasteiger partial charge in [-0.15, -0.1) is 0 Å². The maximum atomic E-state index is 6.13. The maximum Gasteiger partial charge on any atom is 0.204 e. The first-order chi connectivity index (χ1) is 31.1. The molecule has 64 heavy (non-hydrogen) atoms. The van der Waals surface area contributed by atoms with Crippen LogP contribution in [0.4, 0.5) is 0 Å². The van der Waals surface area contributed by atoms with Gasteiger partial charge in [0.05, 0.1) is 51.3 Å². The van der Waals surface area contributed by atoms with Crippen LogP contribution in [0, 0.1) is 30.3 Å². The average molecular weight is 912 g/mol. The monoisotopic (exact) mass is 912 g/mol. The van der Waals surface area contributed by atoms with Gasteiger partial charge in [0.15, 0.2) is 24.9 Å². The van der Waals surface area contributed by atoms with Crippen molar-refractivity contribution in [1.29, 1.82) is 0 Å². The highest BCUT2D eigenvalue weighted by Crippen LogP contribution is 2.34. The molecule has 0 bridgehead atoms. The second-order valence-electron chi connectivity index (χ2n) is 16.6. The third-order valence-electron chi connectivity index (χ3n) is 12.2. The second kappa shape index (κ2) is 35.2. The van der Waals surface area contributed by atoms with Gasteiger partial charge in [-0.3, -0.25) is 0 Å². The average Bonchev–Trinajstić information content (AvgIpc) is 3.27. The summed E-state index contributed by atoms with van der Waals surface area (Å²) in [6.07, 6.45) is 24.4. The van der Waals surface area contributed by atoms with Crippen molar-refractivity contribution < 1.29 is 66.3 Å². The van der Waals surface area contributed by atoms with Gasteiger partial charge in [-0.2, -0.15) is 0 Å². The Morgan fingerprint density at radius 2 is 0.812 bits per heavy atom. The van der Waals surface area contributed by atoms with Crippen molar-refractivity contribution in [1.82, 2.24) is 0 Å². The highest BCUT2D eigenvalue weighted by molar-refractivity contribution is 4.94. The van der Waals surface area contributed by atoms with Gasteiger partial charge in [-0.05, 0) is 50.9 Å². The van der Waals surface area contributed by atoms with E-state index in [1.807, 2.05) is 0 Å². The van der Waals surface area contributed by atoms with Crippen molar-refractivity contribution in [2.45, 2.75) is 140 Å². The summed E-state index contributed by atoms with van der Waals surface area (Å²) in [5, 5.41) is 0. The van der Waals surface area contributed by atoms with Crippen LogP contribution in [0.3, 0.4) is 0 Å². The van der Waals surface area contributed by atoms with Crippen LogP contribution in [-0.2, 0) is 66.3 Å². The number of hydrogen-bond acceptors (Lipinski definition) is 14. The minimum Gasteiger partial charge on any atom is -0.382 e. The molecule has 14 heteroatoms. The lowest BCUT2D eigenvalue weighted by molar-refractivity contribution is -0.296. The zero-order valence-electron chi connectivity index (χ0n) is 41.3. The van der Waals surface area contributed by atoms with Crippen LogP contribution in [-0.4, -0.2) is 164 Å². The summed E-state index contributed by atoms with van der Waals surface area (Å²) in [5.74, 6) is 0.817. The van der Waals surface area contributed by atoms with Crippen molar-refractivity contribution in [3.8, 4) is 0 Å². The summed E-state index contributed by atoms with van der Waals surface area (Å²) in [6.45, 7) is 16.6. The van der Waals surface area contributed by atoms with E-state index in [9.17, 15) is 0 Å². The van der Waals surface area contributed by atoms with E-state index in [-0.39, 0.29) is 72.9 Å². The van der Waals surface area contributed by atoms with Crippen LogP contribution >= 0.6 is 0 Å². The zero-order valence-corrected chi connectivity index (χ0v) is 41.3. The smallest absolute Gasteiger partial charge is 0.204 e. The summed E-state index contributed by atoms with van der Waals surface area (Å²) in [5.41, 5.74) is 0. The van der Waals surface area contributed by atoms with Crippen molar-refractivity contribution in [2.24, 2.45) is 23.7 Å². The lowest BCUT2D eigenvalue weighted by Crippen LogP contribution is -2.56. The topological polar surface area (TPSA) is 129 Å². The Morgan fingerprint density at radius 3 is 1.23 bits per heavy atom. The third-order valence-corrected chi connectivity index (χ3v) is 12.2. The van der Waals surface area contributed by atoms with Gasteiger partial charge in [0.2, 0.25) is 6.58 Å². The number of methoxy groups -OCH3 is 8. The highest BCUT2D eigenvalue weighted by atomic mass is 16.7. The van der Waals surface area contributed by atoms with Crippen LogP contribution in [0.2, 0.25) is 0 Å². The largest absolute Gasteiger partial charge is 0.382 e. The molecule has 4 rings (SSSR count). The van der Waals surface area contributed by atoms with Gasteiger partial charge >= 0.3 is 0 Å². The molecule has 0 aromatic rings. The van der Waals surface area contributed by atoms with Crippen molar-refractivity contribution in [3.05, 3.63) is 61.3 Å². The molecule has 3 saturated heterocycles. The molecule has 3 heterocycles. The van der Waals surface area contributed by atoms with Crippen LogP contribution < -0.4 is 0 Å². The van der Waals surface area contributed by atoms with Crippen LogP contribution in [0.15, 0.2) is 54.7 Å². The van der Waals surface area contributed by atoms with E-state index in [4.69, 9.17) is 72.9 Å². The fourth-order valence-electron chi connectivity index (χ4n) is 8.59. The summed E-state index contributed by atoms with van der Waals surface area (Å²) in [4.78, 5) is 0. The van der Waals surface area contributed by atoms with E-state index in [0.717, 1.165) is 19.3 Å².